The van der Waals surface area contributed by atoms with Gasteiger partial charge in [0.15, 0.2) is 0 Å². The Morgan fingerprint density at radius 1 is 1.04 bits per heavy atom. The summed E-state index contributed by atoms with van der Waals surface area (Å²) >= 11 is 0. The van der Waals surface area contributed by atoms with Gasteiger partial charge >= 0.3 is 0 Å². The van der Waals surface area contributed by atoms with Crippen LogP contribution in [0.1, 0.15) is 40.2 Å². The third kappa shape index (κ3) is 4.21. The molecule has 2 amide bonds. The standard InChI is InChI=1S/C22H25N3O2.ClH/c23-20-15-25(14-19(20)17-5-2-1-3-6-17)22(27)18-10-8-16(9-11-18)13-24-12-4-7-21(24)26;/h1-3,5-6,8-11,19-20H,4,7,12-15,23H2;1H/t19-,20+;/m0./s1. The first-order valence-corrected chi connectivity index (χ1v) is 9.58. The summed E-state index contributed by atoms with van der Waals surface area (Å²) in [6.45, 7) is 2.67. The van der Waals surface area contributed by atoms with Crippen LogP contribution in [0.3, 0.4) is 0 Å². The SMILES string of the molecule is Cl.N[C@@H]1CN(C(=O)c2ccc(CN3CCCC3=O)cc2)C[C@H]1c1ccccc1. The monoisotopic (exact) mass is 399 g/mol. The lowest BCUT2D eigenvalue weighted by molar-refractivity contribution is -0.128. The van der Waals surface area contributed by atoms with Gasteiger partial charge in [-0.3, -0.25) is 9.59 Å². The molecular formula is C22H26ClN3O2. The highest BCUT2D eigenvalue weighted by atomic mass is 35.5. The molecule has 2 N–H and O–H groups in total. The van der Waals surface area contributed by atoms with E-state index in [0.29, 0.717) is 31.6 Å². The van der Waals surface area contributed by atoms with E-state index in [9.17, 15) is 9.59 Å². The van der Waals surface area contributed by atoms with Crippen LogP contribution in [0.25, 0.3) is 0 Å². The molecule has 6 heteroatoms. The van der Waals surface area contributed by atoms with Gasteiger partial charge in [0.1, 0.15) is 0 Å². The van der Waals surface area contributed by atoms with Crippen molar-refractivity contribution in [2.24, 2.45) is 5.73 Å². The molecule has 4 rings (SSSR count). The molecule has 0 spiro atoms. The molecule has 2 aromatic rings. The Labute approximate surface area is 171 Å². The van der Waals surface area contributed by atoms with Gasteiger partial charge in [-0.15, -0.1) is 12.4 Å². The van der Waals surface area contributed by atoms with Gasteiger partial charge in [0.25, 0.3) is 5.91 Å². The molecule has 2 saturated heterocycles. The molecule has 0 unspecified atom stereocenters. The van der Waals surface area contributed by atoms with Crippen LogP contribution in [-0.2, 0) is 11.3 Å². The van der Waals surface area contributed by atoms with E-state index in [-0.39, 0.29) is 36.2 Å². The zero-order valence-electron chi connectivity index (χ0n) is 15.8. The zero-order valence-corrected chi connectivity index (χ0v) is 16.6. The minimum Gasteiger partial charge on any atom is -0.338 e. The van der Waals surface area contributed by atoms with Gasteiger partial charge in [-0.2, -0.15) is 0 Å². The Morgan fingerprint density at radius 2 is 1.75 bits per heavy atom. The van der Waals surface area contributed by atoms with E-state index in [1.807, 2.05) is 52.3 Å². The summed E-state index contributed by atoms with van der Waals surface area (Å²) in [5, 5.41) is 0. The fraction of sp³-hybridized carbons (Fsp3) is 0.364. The molecule has 2 aliphatic heterocycles. The Bertz CT molecular complexity index is 825. The average molecular weight is 400 g/mol. The van der Waals surface area contributed by atoms with Crippen LogP contribution in [0.4, 0.5) is 0 Å². The minimum atomic E-state index is -0.0446. The number of halogens is 1. The first kappa shape index (κ1) is 20.4. The van der Waals surface area contributed by atoms with E-state index in [1.165, 1.54) is 5.56 Å². The van der Waals surface area contributed by atoms with Crippen molar-refractivity contribution in [1.29, 1.82) is 0 Å². The molecule has 148 valence electrons. The number of hydrogen-bond acceptors (Lipinski definition) is 3. The van der Waals surface area contributed by atoms with E-state index >= 15 is 0 Å². The highest BCUT2D eigenvalue weighted by molar-refractivity contribution is 5.94. The van der Waals surface area contributed by atoms with Crippen molar-refractivity contribution in [3.63, 3.8) is 0 Å². The van der Waals surface area contributed by atoms with Gasteiger partial charge < -0.3 is 15.5 Å². The van der Waals surface area contributed by atoms with Gasteiger partial charge in [-0.05, 0) is 29.7 Å². The second-order valence-corrected chi connectivity index (χ2v) is 7.51. The second-order valence-electron chi connectivity index (χ2n) is 7.51. The predicted molar refractivity (Wildman–Crippen MR) is 111 cm³/mol. The number of rotatable bonds is 4. The van der Waals surface area contributed by atoms with Gasteiger partial charge in [0, 0.05) is 50.1 Å². The number of benzene rings is 2. The molecule has 0 aromatic heterocycles. The maximum absolute atomic E-state index is 12.9. The molecule has 2 aromatic carbocycles. The van der Waals surface area contributed by atoms with Crippen molar-refractivity contribution < 1.29 is 9.59 Å². The first-order chi connectivity index (χ1) is 13.1. The Balaban J connectivity index is 0.00000225. The third-order valence-corrected chi connectivity index (χ3v) is 5.63. The summed E-state index contributed by atoms with van der Waals surface area (Å²) in [6.07, 6.45) is 1.58. The molecule has 0 bridgehead atoms. The van der Waals surface area contributed by atoms with Crippen LogP contribution < -0.4 is 5.73 Å². The third-order valence-electron chi connectivity index (χ3n) is 5.63. The van der Waals surface area contributed by atoms with Crippen LogP contribution in [0.2, 0.25) is 0 Å². The predicted octanol–water partition coefficient (Wildman–Crippen LogP) is 2.80. The fourth-order valence-electron chi connectivity index (χ4n) is 4.07. The van der Waals surface area contributed by atoms with E-state index in [0.717, 1.165) is 18.5 Å². The molecule has 5 nitrogen and oxygen atoms in total. The number of nitrogens with two attached hydrogens (primary N) is 1. The summed E-state index contributed by atoms with van der Waals surface area (Å²) in [4.78, 5) is 28.4. The Kier molecular flexibility index (Phi) is 6.37. The maximum Gasteiger partial charge on any atom is 0.253 e. The van der Waals surface area contributed by atoms with E-state index in [4.69, 9.17) is 5.73 Å². The van der Waals surface area contributed by atoms with Gasteiger partial charge in [-0.25, -0.2) is 0 Å². The van der Waals surface area contributed by atoms with Gasteiger partial charge in [0.05, 0.1) is 0 Å². The maximum atomic E-state index is 12.9. The lowest BCUT2D eigenvalue weighted by atomic mass is 9.95. The topological polar surface area (TPSA) is 66.6 Å². The van der Waals surface area contributed by atoms with Crippen molar-refractivity contribution in [1.82, 2.24) is 9.80 Å². The van der Waals surface area contributed by atoms with Crippen molar-refractivity contribution in [2.75, 3.05) is 19.6 Å². The van der Waals surface area contributed by atoms with Crippen LogP contribution in [0, 0.1) is 0 Å². The number of nitrogens with zero attached hydrogens (tertiary/aromatic N) is 2. The number of carbonyl (C=O) groups is 2. The molecule has 0 saturated carbocycles. The Morgan fingerprint density at radius 3 is 2.39 bits per heavy atom. The lowest BCUT2D eigenvalue weighted by Crippen LogP contribution is -2.32. The van der Waals surface area contributed by atoms with Gasteiger partial charge in [-0.1, -0.05) is 42.5 Å². The summed E-state index contributed by atoms with van der Waals surface area (Å²) in [5.41, 5.74) is 9.23. The fourth-order valence-corrected chi connectivity index (χ4v) is 4.07. The molecule has 0 radical (unpaired) electrons. The van der Waals surface area contributed by atoms with Crippen molar-refractivity contribution in [2.45, 2.75) is 31.3 Å². The quantitative estimate of drug-likeness (QED) is 0.859. The summed E-state index contributed by atoms with van der Waals surface area (Å²) in [7, 11) is 0. The summed E-state index contributed by atoms with van der Waals surface area (Å²) in [5.74, 6) is 0.413. The minimum absolute atomic E-state index is 0. The number of hydrogen-bond donors (Lipinski definition) is 1. The number of likely N-dealkylation sites (tertiary alicyclic amines) is 2. The van der Waals surface area contributed by atoms with Crippen LogP contribution >= 0.6 is 12.4 Å². The number of carbonyl (C=O) groups excluding carboxylic acids is 2. The van der Waals surface area contributed by atoms with E-state index < -0.39 is 0 Å². The molecule has 0 aliphatic carbocycles. The second kappa shape index (κ2) is 8.76. The van der Waals surface area contributed by atoms with Crippen molar-refractivity contribution >= 4 is 24.2 Å². The summed E-state index contributed by atoms with van der Waals surface area (Å²) < 4.78 is 0. The Hall–Kier alpha value is -2.37. The van der Waals surface area contributed by atoms with E-state index in [1.54, 1.807) is 0 Å². The van der Waals surface area contributed by atoms with E-state index in [2.05, 4.69) is 12.1 Å². The first-order valence-electron chi connectivity index (χ1n) is 9.58. The normalized spacial score (nSPS) is 21.7. The molecule has 2 atom stereocenters. The molecule has 2 aliphatic rings. The molecule has 2 fully saturated rings. The van der Waals surface area contributed by atoms with Crippen LogP contribution in [0.15, 0.2) is 54.6 Å². The zero-order chi connectivity index (χ0) is 18.8. The molecule has 2 heterocycles. The largest absolute Gasteiger partial charge is 0.338 e. The van der Waals surface area contributed by atoms with Crippen LogP contribution in [0.5, 0.6) is 0 Å². The lowest BCUT2D eigenvalue weighted by Gasteiger charge is -2.18. The highest BCUT2D eigenvalue weighted by Crippen LogP contribution is 2.27. The molecular weight excluding hydrogens is 374 g/mol. The smallest absolute Gasteiger partial charge is 0.253 e. The number of amides is 2. The molecule has 28 heavy (non-hydrogen) atoms. The van der Waals surface area contributed by atoms with Crippen molar-refractivity contribution in [3.8, 4) is 0 Å². The van der Waals surface area contributed by atoms with Crippen LogP contribution in [-0.4, -0.2) is 47.3 Å². The van der Waals surface area contributed by atoms with Crippen molar-refractivity contribution in [3.05, 3.63) is 71.3 Å². The average Bonchev–Trinajstić information content (AvgIpc) is 3.28. The van der Waals surface area contributed by atoms with Gasteiger partial charge in [0.2, 0.25) is 5.91 Å². The highest BCUT2D eigenvalue weighted by Gasteiger charge is 2.34. The summed E-state index contributed by atoms with van der Waals surface area (Å²) in [6, 6.07) is 17.7.